The first-order chi connectivity index (χ1) is 6.25. The molecule has 1 fully saturated rings. The van der Waals surface area contributed by atoms with Crippen LogP contribution in [0.3, 0.4) is 0 Å². The molecule has 1 aliphatic carbocycles. The van der Waals surface area contributed by atoms with E-state index in [9.17, 15) is 4.79 Å². The summed E-state index contributed by atoms with van der Waals surface area (Å²) in [5.41, 5.74) is 0.992. The van der Waals surface area contributed by atoms with Crippen LogP contribution < -0.4 is 0 Å². The molecule has 1 aliphatic rings. The second-order valence-electron chi connectivity index (χ2n) is 3.24. The molecule has 1 aromatic heterocycles. The van der Waals surface area contributed by atoms with Gasteiger partial charge in [0.15, 0.2) is 0 Å². The van der Waals surface area contributed by atoms with Crippen molar-refractivity contribution in [3.63, 3.8) is 0 Å². The Kier molecular flexibility index (Phi) is 1.96. The normalized spacial score (nSPS) is 15.7. The van der Waals surface area contributed by atoms with Crippen LogP contribution in [0.1, 0.15) is 30.3 Å². The van der Waals surface area contributed by atoms with Crippen molar-refractivity contribution in [3.8, 4) is 0 Å². The van der Waals surface area contributed by atoms with Crippen LogP contribution in [-0.2, 0) is 11.2 Å². The molecule has 1 N–H and O–H groups in total. The molecule has 0 atom stereocenters. The Bertz CT molecular complexity index is 334. The van der Waals surface area contributed by atoms with Gasteiger partial charge in [0.1, 0.15) is 12.2 Å². The summed E-state index contributed by atoms with van der Waals surface area (Å²) in [6.45, 7) is 0. The molecule has 4 heteroatoms. The van der Waals surface area contributed by atoms with Gasteiger partial charge < -0.3 is 5.11 Å². The van der Waals surface area contributed by atoms with E-state index in [2.05, 4.69) is 9.97 Å². The number of carbonyl (C=O) groups is 1. The highest BCUT2D eigenvalue weighted by molar-refractivity contribution is 5.68. The summed E-state index contributed by atoms with van der Waals surface area (Å²) in [6, 6.07) is 1.86. The summed E-state index contributed by atoms with van der Waals surface area (Å²) < 4.78 is 0. The van der Waals surface area contributed by atoms with E-state index >= 15 is 0 Å². The fourth-order valence-electron chi connectivity index (χ4n) is 1.24. The van der Waals surface area contributed by atoms with Crippen molar-refractivity contribution in [1.82, 2.24) is 9.97 Å². The molecule has 0 radical (unpaired) electrons. The lowest BCUT2D eigenvalue weighted by molar-refractivity contribution is -0.136. The first kappa shape index (κ1) is 8.16. The van der Waals surface area contributed by atoms with E-state index in [0.29, 0.717) is 11.7 Å². The van der Waals surface area contributed by atoms with Crippen LogP contribution in [-0.4, -0.2) is 21.0 Å². The minimum atomic E-state index is -0.882. The van der Waals surface area contributed by atoms with Crippen LogP contribution in [0.15, 0.2) is 12.3 Å². The smallest absolute Gasteiger partial charge is 0.311 e. The van der Waals surface area contributed by atoms with E-state index in [1.807, 2.05) is 6.07 Å². The quantitative estimate of drug-likeness (QED) is 0.749. The first-order valence-electron chi connectivity index (χ1n) is 4.29. The van der Waals surface area contributed by atoms with Crippen LogP contribution >= 0.6 is 0 Å². The van der Waals surface area contributed by atoms with E-state index in [1.54, 1.807) is 6.20 Å². The predicted molar refractivity (Wildman–Crippen MR) is 45.3 cm³/mol. The Morgan fingerprint density at radius 2 is 2.38 bits per heavy atom. The van der Waals surface area contributed by atoms with Crippen molar-refractivity contribution in [3.05, 3.63) is 23.8 Å². The third-order valence-corrected chi connectivity index (χ3v) is 2.03. The molecule has 0 amide bonds. The van der Waals surface area contributed by atoms with E-state index in [-0.39, 0.29) is 6.42 Å². The minimum Gasteiger partial charge on any atom is -0.481 e. The molecule has 68 valence electrons. The van der Waals surface area contributed by atoms with Crippen LogP contribution in [0.4, 0.5) is 0 Å². The van der Waals surface area contributed by atoms with Crippen molar-refractivity contribution in [2.75, 3.05) is 0 Å². The molecule has 0 unspecified atom stereocenters. The number of carboxylic acid groups (broad SMARTS) is 1. The molecule has 0 spiro atoms. The maximum absolute atomic E-state index is 10.4. The van der Waals surface area contributed by atoms with Crippen molar-refractivity contribution in [2.45, 2.75) is 25.2 Å². The van der Waals surface area contributed by atoms with E-state index in [0.717, 1.165) is 5.69 Å². The highest BCUT2D eigenvalue weighted by atomic mass is 16.4. The molecule has 0 saturated heterocycles. The van der Waals surface area contributed by atoms with E-state index in [1.165, 1.54) is 12.8 Å². The number of aromatic nitrogens is 2. The zero-order valence-corrected chi connectivity index (χ0v) is 7.10. The number of hydrogen-bond donors (Lipinski definition) is 1. The van der Waals surface area contributed by atoms with Gasteiger partial charge in [0, 0.05) is 17.8 Å². The Morgan fingerprint density at radius 3 is 3.00 bits per heavy atom. The lowest BCUT2D eigenvalue weighted by Crippen LogP contribution is -2.05. The monoisotopic (exact) mass is 178 g/mol. The van der Waals surface area contributed by atoms with E-state index in [4.69, 9.17) is 5.11 Å². The van der Waals surface area contributed by atoms with Gasteiger partial charge in [0.2, 0.25) is 0 Å². The second-order valence-corrected chi connectivity index (χ2v) is 3.24. The van der Waals surface area contributed by atoms with Gasteiger partial charge in [0.25, 0.3) is 0 Å². The summed E-state index contributed by atoms with van der Waals surface area (Å²) >= 11 is 0. The highest BCUT2D eigenvalue weighted by Gasteiger charge is 2.25. The molecule has 0 aliphatic heterocycles. The summed E-state index contributed by atoms with van der Waals surface area (Å²) in [5.74, 6) is 0.0837. The highest BCUT2D eigenvalue weighted by Crippen LogP contribution is 2.38. The van der Waals surface area contributed by atoms with Gasteiger partial charge in [-0.15, -0.1) is 0 Å². The van der Waals surface area contributed by atoms with Gasteiger partial charge in [-0.2, -0.15) is 0 Å². The van der Waals surface area contributed by atoms with Gasteiger partial charge in [-0.3, -0.25) is 4.79 Å². The third-order valence-electron chi connectivity index (χ3n) is 2.03. The van der Waals surface area contributed by atoms with Gasteiger partial charge in [0.05, 0.1) is 0 Å². The molecule has 1 saturated carbocycles. The molecular formula is C9H10N2O2. The average Bonchev–Trinajstić information content (AvgIpc) is 2.85. The lowest BCUT2D eigenvalue weighted by atomic mass is 10.3. The molecule has 0 bridgehead atoms. The summed E-state index contributed by atoms with van der Waals surface area (Å²) in [4.78, 5) is 18.5. The Labute approximate surface area is 75.6 Å². The number of rotatable bonds is 3. The Morgan fingerprint density at radius 1 is 1.62 bits per heavy atom. The third kappa shape index (κ3) is 2.02. The maximum Gasteiger partial charge on any atom is 0.311 e. The largest absolute Gasteiger partial charge is 0.481 e. The minimum absolute atomic E-state index is 0.0828. The standard InChI is InChI=1S/C9H10N2O2/c12-9(13)5-8-10-4-3-7(11-8)6-1-2-6/h3-4,6H,1-2,5H2,(H,12,13). The maximum atomic E-state index is 10.4. The first-order valence-corrected chi connectivity index (χ1v) is 4.29. The molecule has 4 nitrogen and oxygen atoms in total. The summed E-state index contributed by atoms with van der Waals surface area (Å²) in [5, 5.41) is 8.53. The number of nitrogens with zero attached hydrogens (tertiary/aromatic N) is 2. The number of carboxylic acids is 1. The van der Waals surface area contributed by atoms with Crippen molar-refractivity contribution >= 4 is 5.97 Å². The fourth-order valence-corrected chi connectivity index (χ4v) is 1.24. The number of hydrogen-bond acceptors (Lipinski definition) is 3. The average molecular weight is 178 g/mol. The van der Waals surface area contributed by atoms with Crippen LogP contribution in [0.5, 0.6) is 0 Å². The molecule has 1 aromatic rings. The molecule has 13 heavy (non-hydrogen) atoms. The zero-order valence-electron chi connectivity index (χ0n) is 7.10. The van der Waals surface area contributed by atoms with Crippen LogP contribution in [0.2, 0.25) is 0 Å². The van der Waals surface area contributed by atoms with Gasteiger partial charge in [-0.1, -0.05) is 0 Å². The topological polar surface area (TPSA) is 63.1 Å². The van der Waals surface area contributed by atoms with E-state index < -0.39 is 5.97 Å². The lowest BCUT2D eigenvalue weighted by Gasteiger charge is -1.98. The molecule has 0 aromatic carbocycles. The van der Waals surface area contributed by atoms with Gasteiger partial charge in [-0.05, 0) is 18.9 Å². The van der Waals surface area contributed by atoms with Crippen LogP contribution in [0.25, 0.3) is 0 Å². The number of aliphatic carboxylic acids is 1. The molecular weight excluding hydrogens is 168 g/mol. The predicted octanol–water partition coefficient (Wildman–Crippen LogP) is 0.981. The SMILES string of the molecule is O=C(O)Cc1nccc(C2CC2)n1. The zero-order chi connectivity index (χ0) is 9.26. The van der Waals surface area contributed by atoms with Crippen molar-refractivity contribution in [2.24, 2.45) is 0 Å². The van der Waals surface area contributed by atoms with Gasteiger partial charge >= 0.3 is 5.97 Å². The molecule has 2 rings (SSSR count). The van der Waals surface area contributed by atoms with Crippen molar-refractivity contribution in [1.29, 1.82) is 0 Å². The van der Waals surface area contributed by atoms with Crippen LogP contribution in [0, 0.1) is 0 Å². The van der Waals surface area contributed by atoms with Gasteiger partial charge in [-0.25, -0.2) is 9.97 Å². The second kappa shape index (κ2) is 3.12. The fraction of sp³-hybridized carbons (Fsp3) is 0.444. The summed E-state index contributed by atoms with van der Waals surface area (Å²) in [6.07, 6.45) is 3.90. The van der Waals surface area contributed by atoms with Crippen molar-refractivity contribution < 1.29 is 9.90 Å². The molecule has 1 heterocycles. The Balaban J connectivity index is 2.16. The Hall–Kier alpha value is -1.45. The summed E-state index contributed by atoms with van der Waals surface area (Å²) in [7, 11) is 0.